The molecule has 0 bridgehead atoms. The Labute approximate surface area is 196 Å². The molecular weight excluding hydrogens is 396 g/mol. The van der Waals surface area contributed by atoms with Crippen LogP contribution >= 0.6 is 0 Å². The normalized spacial score (nSPS) is 11.1. The van der Waals surface area contributed by atoms with Crippen LogP contribution in [0.5, 0.6) is 5.75 Å². The number of nitrogens with zero attached hydrogens (tertiary/aromatic N) is 2. The van der Waals surface area contributed by atoms with Crippen LogP contribution < -0.4 is 4.74 Å². The minimum absolute atomic E-state index is 0.675. The van der Waals surface area contributed by atoms with Crippen molar-refractivity contribution in [3.05, 3.63) is 42.2 Å². The molecule has 0 saturated carbocycles. The monoisotopic (exact) mass is 440 g/mol. The van der Waals surface area contributed by atoms with E-state index in [4.69, 9.17) is 9.47 Å². The molecule has 1 aromatic carbocycles. The van der Waals surface area contributed by atoms with Crippen LogP contribution in [0.3, 0.4) is 0 Å². The Bertz CT molecular complexity index is 686. The van der Waals surface area contributed by atoms with Gasteiger partial charge in [0.25, 0.3) is 0 Å². The molecular formula is C28H44N2O2. The molecule has 1 aromatic heterocycles. The van der Waals surface area contributed by atoms with Crippen molar-refractivity contribution in [1.29, 1.82) is 0 Å². The van der Waals surface area contributed by atoms with E-state index in [1.807, 2.05) is 0 Å². The van der Waals surface area contributed by atoms with Crippen molar-refractivity contribution < 1.29 is 9.47 Å². The topological polar surface area (TPSA) is 44.2 Å². The molecule has 0 N–H and O–H groups in total. The Morgan fingerprint density at radius 1 is 0.625 bits per heavy atom. The van der Waals surface area contributed by atoms with Gasteiger partial charge in [-0.15, -0.1) is 0 Å². The lowest BCUT2D eigenvalue weighted by Gasteiger charge is -2.07. The number of aromatic nitrogens is 2. The molecule has 0 atom stereocenters. The highest BCUT2D eigenvalue weighted by Crippen LogP contribution is 2.19. The number of hydrogen-bond donors (Lipinski definition) is 0. The Morgan fingerprint density at radius 3 is 1.88 bits per heavy atom. The predicted molar refractivity (Wildman–Crippen MR) is 134 cm³/mol. The van der Waals surface area contributed by atoms with Gasteiger partial charge in [-0.05, 0) is 37.7 Å². The van der Waals surface area contributed by atoms with Crippen LogP contribution in [0, 0.1) is 0 Å². The molecule has 178 valence electrons. The van der Waals surface area contributed by atoms with Crippen molar-refractivity contribution in [2.75, 3.05) is 19.8 Å². The average Bonchev–Trinajstić information content (AvgIpc) is 2.83. The first-order chi connectivity index (χ1) is 15.8. The van der Waals surface area contributed by atoms with Gasteiger partial charge in [-0.2, -0.15) is 0 Å². The molecule has 32 heavy (non-hydrogen) atoms. The smallest absolute Gasteiger partial charge is 0.159 e. The quantitative estimate of drug-likeness (QED) is 0.209. The summed E-state index contributed by atoms with van der Waals surface area (Å²) in [6.45, 7) is 6.85. The van der Waals surface area contributed by atoms with Crippen LogP contribution in [0.1, 0.15) is 96.5 Å². The van der Waals surface area contributed by atoms with E-state index in [0.29, 0.717) is 6.61 Å². The van der Waals surface area contributed by atoms with E-state index in [1.54, 1.807) is 12.4 Å². The fourth-order valence-electron chi connectivity index (χ4n) is 3.70. The lowest BCUT2D eigenvalue weighted by Crippen LogP contribution is -2.02. The van der Waals surface area contributed by atoms with Crippen molar-refractivity contribution in [2.45, 2.75) is 97.3 Å². The molecule has 0 aliphatic heterocycles. The van der Waals surface area contributed by atoms with E-state index in [1.165, 1.54) is 69.8 Å². The second-order valence-corrected chi connectivity index (χ2v) is 8.69. The first-order valence-corrected chi connectivity index (χ1v) is 13.0. The molecule has 0 amide bonds. The number of ether oxygens (including phenoxy) is 2. The minimum Gasteiger partial charge on any atom is -0.490 e. The summed E-state index contributed by atoms with van der Waals surface area (Å²) >= 11 is 0. The number of aryl methyl sites for hydroxylation is 1. The van der Waals surface area contributed by atoms with E-state index in [9.17, 15) is 0 Å². The average molecular weight is 441 g/mol. The molecule has 0 aliphatic rings. The lowest BCUT2D eigenvalue weighted by atomic mass is 10.0. The van der Waals surface area contributed by atoms with Crippen LogP contribution in [0.2, 0.25) is 0 Å². The van der Waals surface area contributed by atoms with Gasteiger partial charge in [-0.3, -0.25) is 0 Å². The Hall–Kier alpha value is -1.94. The van der Waals surface area contributed by atoms with Gasteiger partial charge >= 0.3 is 0 Å². The van der Waals surface area contributed by atoms with E-state index in [2.05, 4.69) is 48.1 Å². The van der Waals surface area contributed by atoms with E-state index in [-0.39, 0.29) is 0 Å². The second kappa shape index (κ2) is 17.6. The summed E-state index contributed by atoms with van der Waals surface area (Å²) in [4.78, 5) is 8.97. The van der Waals surface area contributed by atoms with Crippen LogP contribution in [0.25, 0.3) is 11.4 Å². The molecule has 2 aromatic rings. The first-order valence-electron chi connectivity index (χ1n) is 13.0. The van der Waals surface area contributed by atoms with Crippen LogP contribution in [-0.4, -0.2) is 29.8 Å². The van der Waals surface area contributed by atoms with Gasteiger partial charge in [0.05, 0.1) is 19.0 Å². The molecule has 0 radical (unpaired) electrons. The second-order valence-electron chi connectivity index (χ2n) is 8.69. The zero-order valence-electron chi connectivity index (χ0n) is 20.5. The van der Waals surface area contributed by atoms with Crippen molar-refractivity contribution >= 4 is 0 Å². The number of hydrogen-bond acceptors (Lipinski definition) is 4. The van der Waals surface area contributed by atoms with E-state index in [0.717, 1.165) is 49.6 Å². The highest BCUT2D eigenvalue weighted by atomic mass is 16.5. The third kappa shape index (κ3) is 11.6. The summed E-state index contributed by atoms with van der Waals surface area (Å²) in [6.07, 6.45) is 19.8. The van der Waals surface area contributed by atoms with E-state index >= 15 is 0 Å². The van der Waals surface area contributed by atoms with Gasteiger partial charge in [0.15, 0.2) is 11.6 Å². The Morgan fingerprint density at radius 2 is 1.19 bits per heavy atom. The third-order valence-electron chi connectivity index (χ3n) is 5.75. The van der Waals surface area contributed by atoms with Gasteiger partial charge in [0.2, 0.25) is 0 Å². The number of benzene rings is 1. The summed E-state index contributed by atoms with van der Waals surface area (Å²) in [7, 11) is 0. The van der Waals surface area contributed by atoms with Crippen LogP contribution in [0.4, 0.5) is 0 Å². The van der Waals surface area contributed by atoms with Gasteiger partial charge < -0.3 is 9.47 Å². The molecule has 1 heterocycles. The molecule has 0 aliphatic carbocycles. The minimum atomic E-state index is 0.675. The molecule has 4 nitrogen and oxygen atoms in total. The predicted octanol–water partition coefficient (Wildman–Crippen LogP) is 7.80. The molecule has 2 rings (SSSR count). The molecule has 4 heteroatoms. The summed E-state index contributed by atoms with van der Waals surface area (Å²) < 4.78 is 11.4. The van der Waals surface area contributed by atoms with Gasteiger partial charge in [0, 0.05) is 18.8 Å². The Kier molecular flexibility index (Phi) is 14.5. The Balaban J connectivity index is 1.60. The summed E-state index contributed by atoms with van der Waals surface area (Å²) in [5.74, 6) is 1.48. The molecule has 0 saturated heterocycles. The van der Waals surface area contributed by atoms with Crippen molar-refractivity contribution in [2.24, 2.45) is 0 Å². The first kappa shape index (κ1) is 26.3. The van der Waals surface area contributed by atoms with Gasteiger partial charge in [0.1, 0.15) is 0 Å². The largest absolute Gasteiger partial charge is 0.490 e. The fourth-order valence-corrected chi connectivity index (χ4v) is 3.70. The standard InChI is InChI=1S/C28H44N2O2/c1-3-5-7-8-9-10-11-15-25-16-18-26(19-17-25)28-29-23-27(24-30-28)32-22-14-13-21-31-20-12-6-4-2/h16-19,23-24H,3-15,20-22H2,1-2H3. The zero-order chi connectivity index (χ0) is 22.7. The highest BCUT2D eigenvalue weighted by Gasteiger charge is 2.03. The maximum atomic E-state index is 5.77. The van der Waals surface area contributed by atoms with E-state index < -0.39 is 0 Å². The van der Waals surface area contributed by atoms with Gasteiger partial charge in [-0.1, -0.05) is 89.5 Å². The van der Waals surface area contributed by atoms with Crippen molar-refractivity contribution in [1.82, 2.24) is 9.97 Å². The molecule has 0 unspecified atom stereocenters. The summed E-state index contributed by atoms with van der Waals surface area (Å²) in [6, 6.07) is 8.69. The maximum absolute atomic E-state index is 5.77. The SMILES string of the molecule is CCCCCCCCCc1ccc(-c2ncc(OCCCCOCCCCC)cn2)cc1. The van der Waals surface area contributed by atoms with Crippen molar-refractivity contribution in [3.8, 4) is 17.1 Å². The highest BCUT2D eigenvalue weighted by molar-refractivity contribution is 5.55. The maximum Gasteiger partial charge on any atom is 0.159 e. The lowest BCUT2D eigenvalue weighted by molar-refractivity contribution is 0.122. The number of rotatable bonds is 19. The molecule has 0 spiro atoms. The third-order valence-corrected chi connectivity index (χ3v) is 5.75. The number of unbranched alkanes of at least 4 members (excludes halogenated alkanes) is 9. The summed E-state index contributed by atoms with van der Waals surface area (Å²) in [5, 5.41) is 0. The van der Waals surface area contributed by atoms with Crippen LogP contribution in [-0.2, 0) is 11.2 Å². The molecule has 0 fully saturated rings. The van der Waals surface area contributed by atoms with Crippen molar-refractivity contribution in [3.63, 3.8) is 0 Å². The van der Waals surface area contributed by atoms with Gasteiger partial charge in [-0.25, -0.2) is 9.97 Å². The summed E-state index contributed by atoms with van der Waals surface area (Å²) in [5.41, 5.74) is 2.46. The van der Waals surface area contributed by atoms with Crippen LogP contribution in [0.15, 0.2) is 36.7 Å². The fraction of sp³-hybridized carbons (Fsp3) is 0.643. The zero-order valence-corrected chi connectivity index (χ0v) is 20.5.